The summed E-state index contributed by atoms with van der Waals surface area (Å²) < 4.78 is 0. The molecule has 2 rings (SSSR count). The third-order valence-corrected chi connectivity index (χ3v) is 8.77. The van der Waals surface area contributed by atoms with Gasteiger partial charge in [-0.15, -0.1) is 25.6 Å². The Kier molecular flexibility index (Phi) is 21.2. The van der Waals surface area contributed by atoms with Gasteiger partial charge in [-0.25, -0.2) is 0 Å². The van der Waals surface area contributed by atoms with Crippen LogP contribution in [0.2, 0.25) is 0 Å². The Bertz CT molecular complexity index is 524. The second kappa shape index (κ2) is 18.4. The van der Waals surface area contributed by atoms with E-state index < -0.39 is 0 Å². The zero-order valence-corrected chi connectivity index (χ0v) is 24.2. The average Bonchev–Trinajstić information content (AvgIpc) is 2.67. The van der Waals surface area contributed by atoms with Crippen molar-refractivity contribution < 1.29 is 25.9 Å². The topological polar surface area (TPSA) is 17.1 Å². The van der Waals surface area contributed by atoms with Crippen LogP contribution in [0.15, 0.2) is 24.3 Å². The van der Waals surface area contributed by atoms with E-state index in [1.165, 1.54) is 18.4 Å². The number of carbonyl (C=O) groups is 1. The maximum Gasteiger partial charge on any atom is 0.134 e. The number of unbranched alkanes of at least 4 members (excludes halogenated alkanes) is 2. The molecule has 1 aliphatic rings. The molecular weight excluding hydrogens is 566 g/mol. The summed E-state index contributed by atoms with van der Waals surface area (Å²) in [6.45, 7) is 28.7. The maximum atomic E-state index is 12.0. The SMILES string of the molecule is CC.[CH2-]CCC.[CH2-]CCC.[CH2-]c1ccccc1CP1C(C)(C)CC(=O)CC1(C)C.[Pt]. The second-order valence-corrected chi connectivity index (χ2v) is 12.2. The van der Waals surface area contributed by atoms with E-state index >= 15 is 0 Å². The van der Waals surface area contributed by atoms with Crippen LogP contribution in [0.1, 0.15) is 105 Å². The number of carbonyl (C=O) groups excluding carboxylic acids is 1. The van der Waals surface area contributed by atoms with Crippen molar-refractivity contribution in [2.75, 3.05) is 0 Å². The number of hydrogen-bond donors (Lipinski definition) is 0. The van der Waals surface area contributed by atoms with Crippen molar-refractivity contribution in [2.45, 2.75) is 110 Å². The van der Waals surface area contributed by atoms with Gasteiger partial charge in [-0.1, -0.05) is 80.5 Å². The van der Waals surface area contributed by atoms with Crippen molar-refractivity contribution in [2.24, 2.45) is 0 Å². The Labute approximate surface area is 205 Å². The van der Waals surface area contributed by atoms with Crippen molar-refractivity contribution in [1.82, 2.24) is 0 Å². The first kappa shape index (κ1) is 34.5. The first-order valence-corrected chi connectivity index (χ1v) is 12.9. The normalized spacial score (nSPS) is 16.4. The van der Waals surface area contributed by atoms with Gasteiger partial charge in [-0.05, 0) is 10.3 Å². The van der Waals surface area contributed by atoms with Crippen LogP contribution in [0.25, 0.3) is 0 Å². The van der Waals surface area contributed by atoms with Gasteiger partial charge in [0.15, 0.2) is 0 Å². The van der Waals surface area contributed by atoms with E-state index in [0.29, 0.717) is 5.78 Å². The Morgan fingerprint density at radius 1 is 0.900 bits per heavy atom. The van der Waals surface area contributed by atoms with Crippen LogP contribution in [0.5, 0.6) is 0 Å². The summed E-state index contributed by atoms with van der Waals surface area (Å²) >= 11 is 0. The molecule has 1 aliphatic heterocycles. The van der Waals surface area contributed by atoms with Crippen LogP contribution in [0.3, 0.4) is 0 Å². The number of benzene rings is 1. The average molecular weight is 615 g/mol. The quantitative estimate of drug-likeness (QED) is 0.244. The molecule has 0 unspecified atom stereocenters. The fraction of sp³-hybridized carbons (Fsp3) is 0.630. The van der Waals surface area contributed by atoms with Gasteiger partial charge in [-0.3, -0.25) is 4.79 Å². The summed E-state index contributed by atoms with van der Waals surface area (Å²) in [5.41, 5.74) is 2.48. The molecule has 0 aliphatic carbocycles. The maximum absolute atomic E-state index is 12.0. The molecule has 1 saturated heterocycles. The van der Waals surface area contributed by atoms with Crippen molar-refractivity contribution in [3.05, 3.63) is 56.2 Å². The molecule has 1 nitrogen and oxygen atoms in total. The minimum Gasteiger partial charge on any atom is -0.343 e. The summed E-state index contributed by atoms with van der Waals surface area (Å²) in [4.78, 5) is 12.0. The van der Waals surface area contributed by atoms with Gasteiger partial charge in [0.1, 0.15) is 5.78 Å². The van der Waals surface area contributed by atoms with Gasteiger partial charge in [0.25, 0.3) is 0 Å². The summed E-state index contributed by atoms with van der Waals surface area (Å²) in [5, 5.41) is 0.271. The van der Waals surface area contributed by atoms with E-state index in [2.05, 4.69) is 80.5 Å². The molecule has 3 heteroatoms. The summed E-state index contributed by atoms with van der Waals surface area (Å²) in [6.07, 6.45) is 7.12. The first-order valence-electron chi connectivity index (χ1n) is 11.3. The standard InChI is InChI=1S/C17H24OP.2C4H9.C2H6.Pt/c1-13-8-6-7-9-14(13)12-19-16(2,3)10-15(18)11-17(19,4)5;2*1-3-4-2;1-2;/h6-9H,1,10-12H2,2-5H3;2*1,3-4H2,2H3;1-2H3;/q3*-1;;. The molecule has 1 aromatic rings. The van der Waals surface area contributed by atoms with E-state index in [0.717, 1.165) is 37.4 Å². The number of ketones is 1. The molecule has 30 heavy (non-hydrogen) atoms. The van der Waals surface area contributed by atoms with Crippen LogP contribution in [0, 0.1) is 20.8 Å². The first-order chi connectivity index (χ1) is 13.6. The van der Waals surface area contributed by atoms with Gasteiger partial charge in [0, 0.05) is 33.9 Å². The molecule has 1 aromatic carbocycles. The zero-order chi connectivity index (χ0) is 23.1. The molecule has 0 radical (unpaired) electrons. The third-order valence-electron chi connectivity index (χ3n) is 4.87. The zero-order valence-electron chi connectivity index (χ0n) is 21.1. The molecule has 0 spiro atoms. The number of Topliss-reactive ketones (excluding diaryl/α,β-unsaturated/α-hetero) is 1. The molecular formula is C27H48OPPt-3. The summed E-state index contributed by atoms with van der Waals surface area (Å²) in [7, 11) is -0.238. The molecule has 0 aromatic heterocycles. The van der Waals surface area contributed by atoms with Gasteiger partial charge < -0.3 is 13.8 Å². The van der Waals surface area contributed by atoms with Gasteiger partial charge >= 0.3 is 0 Å². The predicted molar refractivity (Wildman–Crippen MR) is 136 cm³/mol. The second-order valence-electron chi connectivity index (χ2n) is 8.58. The van der Waals surface area contributed by atoms with E-state index in [9.17, 15) is 4.79 Å². The molecule has 1 heterocycles. The largest absolute Gasteiger partial charge is 0.343 e. The van der Waals surface area contributed by atoms with Crippen LogP contribution in [0.4, 0.5) is 0 Å². The Morgan fingerprint density at radius 3 is 1.60 bits per heavy atom. The van der Waals surface area contributed by atoms with Crippen molar-refractivity contribution >= 4 is 13.7 Å². The summed E-state index contributed by atoms with van der Waals surface area (Å²) in [5.74, 6) is 0.427. The minimum atomic E-state index is -0.238. The van der Waals surface area contributed by atoms with E-state index in [-0.39, 0.29) is 39.3 Å². The summed E-state index contributed by atoms with van der Waals surface area (Å²) in [6, 6.07) is 8.40. The Hall–Kier alpha value is -0.122. The van der Waals surface area contributed by atoms with Crippen LogP contribution < -0.4 is 0 Å². The molecule has 1 fully saturated rings. The predicted octanol–water partition coefficient (Wildman–Crippen LogP) is 9.04. The monoisotopic (exact) mass is 614 g/mol. The fourth-order valence-corrected chi connectivity index (χ4v) is 7.23. The molecule has 180 valence electrons. The third kappa shape index (κ3) is 13.3. The number of rotatable bonds is 4. The van der Waals surface area contributed by atoms with Crippen molar-refractivity contribution in [1.29, 1.82) is 0 Å². The van der Waals surface area contributed by atoms with Crippen molar-refractivity contribution in [3.8, 4) is 0 Å². The Balaban J connectivity index is -0.000000563. The van der Waals surface area contributed by atoms with E-state index in [1.54, 1.807) is 0 Å². The Morgan fingerprint density at radius 2 is 1.27 bits per heavy atom. The molecule has 0 N–H and O–H groups in total. The molecule has 0 bridgehead atoms. The molecule has 0 saturated carbocycles. The smallest absolute Gasteiger partial charge is 0.134 e. The van der Waals surface area contributed by atoms with Crippen LogP contribution in [-0.2, 0) is 32.0 Å². The van der Waals surface area contributed by atoms with E-state index in [1.807, 2.05) is 19.9 Å². The number of hydrogen-bond acceptors (Lipinski definition) is 1. The van der Waals surface area contributed by atoms with E-state index in [4.69, 9.17) is 0 Å². The molecule has 0 atom stereocenters. The van der Waals surface area contributed by atoms with Gasteiger partial charge in [-0.2, -0.15) is 31.4 Å². The minimum absolute atomic E-state index is 0. The van der Waals surface area contributed by atoms with Gasteiger partial charge in [0.05, 0.1) is 0 Å². The van der Waals surface area contributed by atoms with Crippen LogP contribution in [-0.4, -0.2) is 16.1 Å². The van der Waals surface area contributed by atoms with Crippen molar-refractivity contribution in [3.63, 3.8) is 0 Å². The fourth-order valence-electron chi connectivity index (χ4n) is 3.35. The molecule has 0 amide bonds. The van der Waals surface area contributed by atoms with Crippen LogP contribution >= 0.6 is 7.92 Å². The van der Waals surface area contributed by atoms with Gasteiger partial charge in [0.2, 0.25) is 0 Å².